The Labute approximate surface area is 120 Å². The van der Waals surface area contributed by atoms with Crippen LogP contribution in [0.1, 0.15) is 12.8 Å². The topological polar surface area (TPSA) is 49.9 Å². The van der Waals surface area contributed by atoms with Crippen LogP contribution >= 0.6 is 0 Å². The van der Waals surface area contributed by atoms with Gasteiger partial charge in [0, 0.05) is 24.7 Å². The highest BCUT2D eigenvalue weighted by atomic mass is 19.2. The predicted octanol–water partition coefficient (Wildman–Crippen LogP) is 1.48. The molecule has 0 N–H and O–H groups in total. The lowest BCUT2D eigenvalue weighted by atomic mass is 10.1. The molecule has 1 aromatic rings. The Morgan fingerprint density at radius 3 is 2.76 bits per heavy atom. The van der Waals surface area contributed by atoms with Crippen molar-refractivity contribution in [2.24, 2.45) is 5.92 Å². The Bertz CT molecular complexity index is 588. The van der Waals surface area contributed by atoms with Crippen molar-refractivity contribution in [1.82, 2.24) is 5.06 Å². The number of hydroxylamine groups is 2. The van der Waals surface area contributed by atoms with Gasteiger partial charge in [-0.05, 0) is 18.6 Å². The van der Waals surface area contributed by atoms with E-state index in [0.29, 0.717) is 13.2 Å². The van der Waals surface area contributed by atoms with Crippen LogP contribution in [0.15, 0.2) is 18.2 Å². The molecule has 2 aliphatic rings. The van der Waals surface area contributed by atoms with Gasteiger partial charge in [-0.1, -0.05) is 0 Å². The molecule has 2 fully saturated rings. The molecule has 3 rings (SSSR count). The quantitative estimate of drug-likeness (QED) is 0.830. The molecule has 0 saturated carbocycles. The van der Waals surface area contributed by atoms with Gasteiger partial charge in [0.25, 0.3) is 5.91 Å². The number of hydrogen-bond acceptors (Lipinski definition) is 3. The van der Waals surface area contributed by atoms with Crippen molar-refractivity contribution < 1.29 is 23.2 Å². The number of nitrogens with zero attached hydrogens (tertiary/aromatic N) is 2. The van der Waals surface area contributed by atoms with E-state index in [9.17, 15) is 18.4 Å². The zero-order valence-electron chi connectivity index (χ0n) is 11.2. The molecule has 5 nitrogen and oxygen atoms in total. The third-order valence-corrected chi connectivity index (χ3v) is 3.69. The van der Waals surface area contributed by atoms with Crippen molar-refractivity contribution in [1.29, 1.82) is 0 Å². The lowest BCUT2D eigenvalue weighted by Crippen LogP contribution is -2.34. The molecule has 0 spiro atoms. The Morgan fingerprint density at radius 2 is 2.10 bits per heavy atom. The number of benzene rings is 1. The molecule has 1 aromatic carbocycles. The molecule has 2 aliphatic heterocycles. The van der Waals surface area contributed by atoms with Gasteiger partial charge in [0.1, 0.15) is 0 Å². The highest BCUT2D eigenvalue weighted by molar-refractivity contribution is 6.00. The van der Waals surface area contributed by atoms with E-state index < -0.39 is 17.6 Å². The summed E-state index contributed by atoms with van der Waals surface area (Å²) in [5.41, 5.74) is 0.261. The SMILES string of the molecule is O=C([C@@H]1CC(=O)N(c2ccc(F)c(F)c2)C1)N1CCCO1. The van der Waals surface area contributed by atoms with Crippen LogP contribution in [0, 0.1) is 17.6 Å². The van der Waals surface area contributed by atoms with Gasteiger partial charge in [-0.2, -0.15) is 0 Å². The van der Waals surface area contributed by atoms with E-state index in [1.807, 2.05) is 0 Å². The van der Waals surface area contributed by atoms with E-state index >= 15 is 0 Å². The molecule has 2 heterocycles. The molecule has 21 heavy (non-hydrogen) atoms. The van der Waals surface area contributed by atoms with Gasteiger partial charge in [-0.15, -0.1) is 0 Å². The number of rotatable bonds is 2. The Hall–Kier alpha value is -2.02. The van der Waals surface area contributed by atoms with Crippen LogP contribution in [0.3, 0.4) is 0 Å². The average molecular weight is 296 g/mol. The fraction of sp³-hybridized carbons (Fsp3) is 0.429. The molecular weight excluding hydrogens is 282 g/mol. The average Bonchev–Trinajstić information content (AvgIpc) is 3.10. The van der Waals surface area contributed by atoms with Crippen LogP contribution in [0.4, 0.5) is 14.5 Å². The number of carbonyl (C=O) groups excluding carboxylic acids is 2. The summed E-state index contributed by atoms with van der Waals surface area (Å²) in [7, 11) is 0. The first-order chi connectivity index (χ1) is 10.1. The standard InChI is InChI=1S/C14H14F2N2O3/c15-11-3-2-10(7-12(11)16)17-8-9(6-13(17)19)14(20)18-4-1-5-21-18/h2-3,7,9H,1,4-6,8H2/t9-/m1/s1. The minimum Gasteiger partial charge on any atom is -0.311 e. The minimum absolute atomic E-state index is 0.0533. The van der Waals surface area contributed by atoms with Crippen LogP contribution in [0.5, 0.6) is 0 Å². The molecule has 0 radical (unpaired) electrons. The molecule has 112 valence electrons. The van der Waals surface area contributed by atoms with Gasteiger partial charge >= 0.3 is 0 Å². The second kappa shape index (κ2) is 5.40. The van der Waals surface area contributed by atoms with Crippen molar-refractivity contribution in [2.75, 3.05) is 24.6 Å². The molecular formula is C14H14F2N2O3. The zero-order valence-corrected chi connectivity index (χ0v) is 11.2. The van der Waals surface area contributed by atoms with Crippen LogP contribution in [0.2, 0.25) is 0 Å². The second-order valence-corrected chi connectivity index (χ2v) is 5.13. The smallest absolute Gasteiger partial charge is 0.251 e. The van der Waals surface area contributed by atoms with E-state index in [-0.39, 0.29) is 30.5 Å². The summed E-state index contributed by atoms with van der Waals surface area (Å²) in [4.78, 5) is 30.7. The maximum Gasteiger partial charge on any atom is 0.251 e. The molecule has 2 amide bonds. The van der Waals surface area contributed by atoms with Gasteiger partial charge in [0.05, 0.1) is 19.1 Å². The number of hydrogen-bond donors (Lipinski definition) is 0. The predicted molar refractivity (Wildman–Crippen MR) is 69.1 cm³/mol. The molecule has 7 heteroatoms. The first-order valence-corrected chi connectivity index (χ1v) is 6.76. The molecule has 2 saturated heterocycles. The van der Waals surface area contributed by atoms with Crippen LogP contribution in [-0.2, 0) is 14.4 Å². The van der Waals surface area contributed by atoms with Crippen molar-refractivity contribution in [2.45, 2.75) is 12.8 Å². The summed E-state index contributed by atoms with van der Waals surface area (Å²) in [6, 6.07) is 3.26. The Morgan fingerprint density at radius 1 is 1.29 bits per heavy atom. The summed E-state index contributed by atoms with van der Waals surface area (Å²) in [6.45, 7) is 1.18. The summed E-state index contributed by atoms with van der Waals surface area (Å²) in [5.74, 6) is -3.00. The Kier molecular flexibility index (Phi) is 3.59. The molecule has 1 atom stereocenters. The lowest BCUT2D eigenvalue weighted by Gasteiger charge is -2.19. The first kappa shape index (κ1) is 13.9. The summed E-state index contributed by atoms with van der Waals surface area (Å²) >= 11 is 0. The molecule has 0 bridgehead atoms. The number of anilines is 1. The third-order valence-electron chi connectivity index (χ3n) is 3.69. The summed E-state index contributed by atoms with van der Waals surface area (Å²) in [5, 5.41) is 1.28. The van der Waals surface area contributed by atoms with Gasteiger partial charge in [-0.25, -0.2) is 13.8 Å². The third kappa shape index (κ3) is 2.61. The summed E-state index contributed by atoms with van der Waals surface area (Å²) in [6.07, 6.45) is 0.830. The van der Waals surface area contributed by atoms with Crippen LogP contribution in [-0.4, -0.2) is 36.6 Å². The van der Waals surface area contributed by atoms with Gasteiger partial charge in [0.2, 0.25) is 5.91 Å². The molecule has 0 unspecified atom stereocenters. The van der Waals surface area contributed by atoms with Crippen LogP contribution < -0.4 is 4.90 Å². The normalized spacial score (nSPS) is 22.2. The first-order valence-electron chi connectivity index (χ1n) is 6.76. The van der Waals surface area contributed by atoms with E-state index in [0.717, 1.165) is 18.6 Å². The largest absolute Gasteiger partial charge is 0.311 e. The molecule has 0 aromatic heterocycles. The number of amides is 2. The molecule has 0 aliphatic carbocycles. The highest BCUT2D eigenvalue weighted by Crippen LogP contribution is 2.28. The van der Waals surface area contributed by atoms with Crippen molar-refractivity contribution in [3.63, 3.8) is 0 Å². The minimum atomic E-state index is -1.02. The maximum absolute atomic E-state index is 13.3. The van der Waals surface area contributed by atoms with E-state index in [1.54, 1.807) is 0 Å². The van der Waals surface area contributed by atoms with Gasteiger partial charge in [0.15, 0.2) is 11.6 Å². The van der Waals surface area contributed by atoms with Crippen LogP contribution in [0.25, 0.3) is 0 Å². The van der Waals surface area contributed by atoms with Crippen molar-refractivity contribution >= 4 is 17.5 Å². The van der Waals surface area contributed by atoms with E-state index in [1.165, 1.54) is 16.0 Å². The summed E-state index contributed by atoms with van der Waals surface area (Å²) < 4.78 is 26.2. The maximum atomic E-state index is 13.3. The Balaban J connectivity index is 1.74. The van der Waals surface area contributed by atoms with Gasteiger partial charge < -0.3 is 4.90 Å². The van der Waals surface area contributed by atoms with Crippen molar-refractivity contribution in [3.05, 3.63) is 29.8 Å². The van der Waals surface area contributed by atoms with Crippen molar-refractivity contribution in [3.8, 4) is 0 Å². The fourth-order valence-corrected chi connectivity index (χ4v) is 2.60. The fourth-order valence-electron chi connectivity index (χ4n) is 2.60. The highest BCUT2D eigenvalue weighted by Gasteiger charge is 2.38. The zero-order chi connectivity index (χ0) is 15.0. The lowest BCUT2D eigenvalue weighted by molar-refractivity contribution is -0.172. The van der Waals surface area contributed by atoms with E-state index in [4.69, 9.17) is 4.84 Å². The monoisotopic (exact) mass is 296 g/mol. The number of halogens is 2. The van der Waals surface area contributed by atoms with E-state index in [2.05, 4.69) is 0 Å². The number of carbonyl (C=O) groups is 2. The second-order valence-electron chi connectivity index (χ2n) is 5.13. The van der Waals surface area contributed by atoms with Gasteiger partial charge in [-0.3, -0.25) is 14.4 Å².